The third-order valence-electron chi connectivity index (χ3n) is 5.43. The van der Waals surface area contributed by atoms with Crippen LogP contribution in [-0.2, 0) is 9.84 Å². The third-order valence-corrected chi connectivity index (χ3v) is 7.15. The maximum absolute atomic E-state index is 11.5. The first-order valence-corrected chi connectivity index (χ1v) is 10.6. The van der Waals surface area contributed by atoms with E-state index in [-0.39, 0.29) is 0 Å². The van der Waals surface area contributed by atoms with Crippen molar-refractivity contribution >= 4 is 21.3 Å². The molecule has 0 spiro atoms. The molecule has 8 nitrogen and oxygen atoms in total. The molecule has 0 amide bonds. The predicted molar refractivity (Wildman–Crippen MR) is 95.5 cm³/mol. The lowest BCUT2D eigenvalue weighted by Gasteiger charge is -2.45. The zero-order valence-electron chi connectivity index (χ0n) is 14.7. The van der Waals surface area contributed by atoms with Gasteiger partial charge in [-0.3, -0.25) is 4.90 Å². The summed E-state index contributed by atoms with van der Waals surface area (Å²) in [4.78, 5) is 4.63. The average molecular weight is 364 g/mol. The Morgan fingerprint density at radius 3 is 2.64 bits per heavy atom. The van der Waals surface area contributed by atoms with Gasteiger partial charge in [-0.05, 0) is 44.9 Å². The fourth-order valence-corrected chi connectivity index (χ4v) is 5.24. The molecular formula is C16H24N6O2S. The van der Waals surface area contributed by atoms with Gasteiger partial charge in [0.15, 0.2) is 11.5 Å². The standard InChI is InChI=1S/C16H24N6O2S/c1-12-17-18-15-3-4-16(19-22(12)15)21-10-14(11-21)20(2)9-13-5-7-25(23,24)8-6-13/h3-4,13-14H,5-11H2,1-2H3. The minimum absolute atomic E-state index is 0.352. The largest absolute Gasteiger partial charge is 0.352 e. The van der Waals surface area contributed by atoms with Gasteiger partial charge in [-0.15, -0.1) is 15.3 Å². The zero-order valence-corrected chi connectivity index (χ0v) is 15.5. The van der Waals surface area contributed by atoms with E-state index >= 15 is 0 Å². The lowest BCUT2D eigenvalue weighted by molar-refractivity contribution is 0.171. The molecular weight excluding hydrogens is 340 g/mol. The molecule has 2 fully saturated rings. The number of hydrogen-bond donors (Lipinski definition) is 0. The number of rotatable bonds is 4. The van der Waals surface area contributed by atoms with Crippen molar-refractivity contribution < 1.29 is 8.42 Å². The molecule has 0 bridgehead atoms. The van der Waals surface area contributed by atoms with Crippen LogP contribution in [0.3, 0.4) is 0 Å². The van der Waals surface area contributed by atoms with E-state index in [0.717, 1.165) is 49.8 Å². The molecule has 0 unspecified atom stereocenters. The Hall–Kier alpha value is -1.74. The van der Waals surface area contributed by atoms with Crippen LogP contribution in [0.15, 0.2) is 12.1 Å². The predicted octanol–water partition coefficient (Wildman–Crippen LogP) is 0.378. The molecule has 136 valence electrons. The topological polar surface area (TPSA) is 83.7 Å². The van der Waals surface area contributed by atoms with Crippen LogP contribution >= 0.6 is 0 Å². The number of nitrogens with zero attached hydrogens (tertiary/aromatic N) is 6. The first-order valence-electron chi connectivity index (χ1n) is 8.76. The van der Waals surface area contributed by atoms with Crippen molar-refractivity contribution in [2.45, 2.75) is 25.8 Å². The van der Waals surface area contributed by atoms with Gasteiger partial charge in [0.25, 0.3) is 0 Å². The molecule has 2 aromatic heterocycles. The molecule has 0 N–H and O–H groups in total. The van der Waals surface area contributed by atoms with Crippen LogP contribution in [0.2, 0.25) is 0 Å². The Balaban J connectivity index is 1.32. The van der Waals surface area contributed by atoms with Gasteiger partial charge in [-0.25, -0.2) is 8.42 Å². The molecule has 0 radical (unpaired) electrons. The maximum atomic E-state index is 11.5. The van der Waals surface area contributed by atoms with Gasteiger partial charge in [-0.1, -0.05) is 0 Å². The van der Waals surface area contributed by atoms with E-state index in [1.165, 1.54) is 0 Å². The van der Waals surface area contributed by atoms with Gasteiger partial charge in [-0.2, -0.15) is 4.52 Å². The summed E-state index contributed by atoms with van der Waals surface area (Å²) in [6.07, 6.45) is 1.60. The van der Waals surface area contributed by atoms with E-state index in [4.69, 9.17) is 0 Å². The second kappa shape index (κ2) is 6.21. The van der Waals surface area contributed by atoms with Crippen molar-refractivity contribution in [1.82, 2.24) is 24.7 Å². The van der Waals surface area contributed by atoms with Gasteiger partial charge in [0.05, 0.1) is 11.5 Å². The van der Waals surface area contributed by atoms with Gasteiger partial charge in [0.1, 0.15) is 15.7 Å². The molecule has 2 saturated heterocycles. The Morgan fingerprint density at radius 1 is 1.20 bits per heavy atom. The highest BCUT2D eigenvalue weighted by molar-refractivity contribution is 7.91. The number of likely N-dealkylation sites (N-methyl/N-ethyl adjacent to an activating group) is 1. The van der Waals surface area contributed by atoms with E-state index in [2.05, 4.69) is 32.1 Å². The van der Waals surface area contributed by atoms with E-state index in [1.807, 2.05) is 19.1 Å². The van der Waals surface area contributed by atoms with Crippen LogP contribution < -0.4 is 4.90 Å². The second-order valence-electron chi connectivity index (χ2n) is 7.30. The van der Waals surface area contributed by atoms with Crippen molar-refractivity contribution in [3.63, 3.8) is 0 Å². The van der Waals surface area contributed by atoms with Crippen LogP contribution in [0.25, 0.3) is 5.65 Å². The number of hydrogen-bond acceptors (Lipinski definition) is 7. The molecule has 4 heterocycles. The fourth-order valence-electron chi connectivity index (χ4n) is 3.65. The summed E-state index contributed by atoms with van der Waals surface area (Å²) in [5.41, 5.74) is 0.766. The molecule has 0 aromatic carbocycles. The monoisotopic (exact) mass is 364 g/mol. The highest BCUT2D eigenvalue weighted by atomic mass is 32.2. The highest BCUT2D eigenvalue weighted by Gasteiger charge is 2.33. The minimum atomic E-state index is -2.77. The molecule has 4 rings (SSSR count). The van der Waals surface area contributed by atoms with Crippen LogP contribution in [-0.4, -0.2) is 77.4 Å². The number of aromatic nitrogens is 4. The Kier molecular flexibility index (Phi) is 4.15. The third kappa shape index (κ3) is 3.35. The van der Waals surface area contributed by atoms with Crippen LogP contribution in [0.5, 0.6) is 0 Å². The lowest BCUT2D eigenvalue weighted by Crippen LogP contribution is -2.59. The average Bonchev–Trinajstić information content (AvgIpc) is 2.89. The number of sulfone groups is 1. The van der Waals surface area contributed by atoms with Gasteiger partial charge >= 0.3 is 0 Å². The first-order chi connectivity index (χ1) is 11.9. The molecule has 0 saturated carbocycles. The SMILES string of the molecule is Cc1nnc2ccc(N3CC(N(C)CC4CCS(=O)(=O)CC4)C3)nn12. The first kappa shape index (κ1) is 16.7. The number of aryl methyl sites for hydroxylation is 1. The molecule has 0 aliphatic carbocycles. The number of anilines is 1. The normalized spacial score (nSPS) is 21.8. The maximum Gasteiger partial charge on any atom is 0.178 e. The fraction of sp³-hybridized carbons (Fsp3) is 0.688. The van der Waals surface area contributed by atoms with Crippen LogP contribution in [0.4, 0.5) is 5.82 Å². The van der Waals surface area contributed by atoms with Crippen molar-refractivity contribution in [2.75, 3.05) is 43.1 Å². The van der Waals surface area contributed by atoms with E-state index in [0.29, 0.717) is 23.5 Å². The van der Waals surface area contributed by atoms with Crippen LogP contribution in [0.1, 0.15) is 18.7 Å². The summed E-state index contributed by atoms with van der Waals surface area (Å²) >= 11 is 0. The smallest absolute Gasteiger partial charge is 0.178 e. The van der Waals surface area contributed by atoms with Crippen LogP contribution in [0, 0.1) is 12.8 Å². The molecule has 0 atom stereocenters. The minimum Gasteiger partial charge on any atom is -0.352 e. The van der Waals surface area contributed by atoms with Crippen molar-refractivity contribution in [2.24, 2.45) is 5.92 Å². The summed E-state index contributed by atoms with van der Waals surface area (Å²) in [5, 5.41) is 12.7. The number of fused-ring (bicyclic) bond motifs is 1. The van der Waals surface area contributed by atoms with Crippen molar-refractivity contribution in [3.8, 4) is 0 Å². The molecule has 25 heavy (non-hydrogen) atoms. The van der Waals surface area contributed by atoms with Gasteiger partial charge in [0.2, 0.25) is 0 Å². The van der Waals surface area contributed by atoms with Crippen molar-refractivity contribution in [3.05, 3.63) is 18.0 Å². The Morgan fingerprint density at radius 2 is 1.92 bits per heavy atom. The summed E-state index contributed by atoms with van der Waals surface area (Å²) < 4.78 is 24.9. The van der Waals surface area contributed by atoms with E-state index in [1.54, 1.807) is 4.52 Å². The lowest BCUT2D eigenvalue weighted by atomic mass is 10.00. The van der Waals surface area contributed by atoms with Gasteiger partial charge in [0, 0.05) is 25.7 Å². The molecule has 2 aliphatic heterocycles. The van der Waals surface area contributed by atoms with E-state index in [9.17, 15) is 8.42 Å². The van der Waals surface area contributed by atoms with Crippen molar-refractivity contribution in [1.29, 1.82) is 0 Å². The molecule has 2 aromatic rings. The summed E-state index contributed by atoms with van der Waals surface area (Å²) in [5.74, 6) is 2.94. The second-order valence-corrected chi connectivity index (χ2v) is 9.61. The highest BCUT2D eigenvalue weighted by Crippen LogP contribution is 2.25. The summed E-state index contributed by atoms with van der Waals surface area (Å²) in [6, 6.07) is 4.44. The Labute approximate surface area is 147 Å². The molecule has 9 heteroatoms. The van der Waals surface area contributed by atoms with Gasteiger partial charge < -0.3 is 4.90 Å². The Bertz CT molecular complexity index is 860. The summed E-state index contributed by atoms with van der Waals surface area (Å²) in [7, 11) is -0.628. The van der Waals surface area contributed by atoms with E-state index < -0.39 is 9.84 Å². The molecule has 2 aliphatic rings. The summed E-state index contributed by atoms with van der Waals surface area (Å²) in [6.45, 7) is 4.77. The quantitative estimate of drug-likeness (QED) is 0.775. The zero-order chi connectivity index (χ0) is 17.6.